The lowest BCUT2D eigenvalue weighted by molar-refractivity contribution is -0.137. The maximum absolute atomic E-state index is 12.6. The van der Waals surface area contributed by atoms with E-state index in [4.69, 9.17) is 19.5 Å². The minimum atomic E-state index is -5.56. The molecule has 3 rings (SSSR count). The molecule has 0 bridgehead atoms. The zero-order valence-corrected chi connectivity index (χ0v) is 31.5. The van der Waals surface area contributed by atoms with Crippen LogP contribution in [-0.4, -0.2) is 118 Å². The Morgan fingerprint density at radius 1 is 1.00 bits per heavy atom. The number of aliphatic hydroxyl groups excluding tert-OH is 2. The van der Waals surface area contributed by atoms with Crippen LogP contribution in [0.15, 0.2) is 12.7 Å². The van der Waals surface area contributed by atoms with E-state index in [2.05, 4.69) is 34.4 Å². The lowest BCUT2D eigenvalue weighted by atomic mass is 9.87. The molecule has 1 saturated heterocycles. The van der Waals surface area contributed by atoms with Crippen molar-refractivity contribution in [2.24, 2.45) is 5.41 Å². The summed E-state index contributed by atoms with van der Waals surface area (Å²) in [6.07, 6.45) is -4.20. The van der Waals surface area contributed by atoms with Gasteiger partial charge in [0.2, 0.25) is 11.8 Å². The molecule has 2 amide bonds. The molecule has 7 atom stereocenters. The first-order valence-electron chi connectivity index (χ1n) is 15.9. The average molecular weight is 820 g/mol. The van der Waals surface area contributed by atoms with Gasteiger partial charge in [-0.05, 0) is 19.8 Å². The second-order valence-corrected chi connectivity index (χ2v) is 16.8. The van der Waals surface area contributed by atoms with Gasteiger partial charge in [-0.3, -0.25) is 27.7 Å². The van der Waals surface area contributed by atoms with Crippen LogP contribution in [0.1, 0.15) is 59.1 Å². The highest BCUT2D eigenvalue weighted by Gasteiger charge is 2.50. The van der Waals surface area contributed by atoms with Gasteiger partial charge in [0, 0.05) is 31.3 Å². The number of carbonyl (C=O) groups is 3. The molecule has 53 heavy (non-hydrogen) atoms. The number of ketones is 1. The number of amides is 2. The first kappa shape index (κ1) is 44.6. The fourth-order valence-electron chi connectivity index (χ4n) is 4.84. The number of aliphatic hydroxyl groups is 2. The van der Waals surface area contributed by atoms with Crippen molar-refractivity contribution in [3.8, 4) is 0 Å². The highest BCUT2D eigenvalue weighted by molar-refractivity contribution is 7.61. The van der Waals surface area contributed by atoms with Gasteiger partial charge in [0.05, 0.1) is 19.5 Å². The topological polar surface area (TPSA) is 364 Å². The van der Waals surface area contributed by atoms with Crippen LogP contribution in [0, 0.1) is 5.41 Å². The summed E-state index contributed by atoms with van der Waals surface area (Å²) >= 11 is 0. The molecular formula is C26H44N7O17P3. The van der Waals surface area contributed by atoms with Crippen molar-refractivity contribution in [1.29, 1.82) is 0 Å². The van der Waals surface area contributed by atoms with Crippen molar-refractivity contribution in [3.63, 3.8) is 0 Å². The van der Waals surface area contributed by atoms with Gasteiger partial charge >= 0.3 is 23.5 Å². The molecule has 0 spiro atoms. The fraction of sp³-hybridized carbons (Fsp3) is 0.692. The van der Waals surface area contributed by atoms with E-state index in [1.54, 1.807) is 0 Å². The Bertz CT molecular complexity index is 1740. The third-order valence-corrected chi connectivity index (χ3v) is 10.7. The summed E-state index contributed by atoms with van der Waals surface area (Å²) in [4.78, 5) is 86.3. The molecule has 7 unspecified atom stereocenters. The normalized spacial score (nSPS) is 22.2. The van der Waals surface area contributed by atoms with Gasteiger partial charge in [0.25, 0.3) is 0 Å². The van der Waals surface area contributed by atoms with Crippen molar-refractivity contribution in [2.45, 2.75) is 83.5 Å². The summed E-state index contributed by atoms with van der Waals surface area (Å²) in [7, 11) is -16.4. The van der Waals surface area contributed by atoms with E-state index in [-0.39, 0.29) is 41.6 Å². The zero-order chi connectivity index (χ0) is 39.8. The number of phosphoric ester groups is 3. The molecule has 1 fully saturated rings. The van der Waals surface area contributed by atoms with Crippen LogP contribution in [0.3, 0.4) is 0 Å². The number of nitrogens with two attached hydrogens (primary N) is 1. The quantitative estimate of drug-likeness (QED) is 0.0536. The number of nitrogens with zero attached hydrogens (tertiary/aromatic N) is 4. The third kappa shape index (κ3) is 13.8. The van der Waals surface area contributed by atoms with Crippen molar-refractivity contribution < 1.29 is 80.5 Å². The Balaban J connectivity index is 1.51. The highest BCUT2D eigenvalue weighted by Crippen LogP contribution is 2.61. The minimum absolute atomic E-state index is 0.0335. The van der Waals surface area contributed by atoms with Crippen LogP contribution in [-0.2, 0) is 50.7 Å². The molecule has 1 aliphatic rings. The number of Topliss-reactive ketones (excluding diaryl/α,β-unsaturated/α-hetero) is 1. The van der Waals surface area contributed by atoms with Crippen LogP contribution in [0.4, 0.5) is 5.82 Å². The van der Waals surface area contributed by atoms with Crippen molar-refractivity contribution >= 4 is 58.0 Å². The molecule has 2 aromatic rings. The number of anilines is 1. The van der Waals surface area contributed by atoms with E-state index in [0.29, 0.717) is 25.8 Å². The Kier molecular flexibility index (Phi) is 15.7. The number of nitrogens with one attached hydrogen (secondary N) is 2. The first-order valence-corrected chi connectivity index (χ1v) is 20.4. The number of hydrogen-bond acceptors (Lipinski definition) is 17. The van der Waals surface area contributed by atoms with E-state index in [1.807, 2.05) is 0 Å². The van der Waals surface area contributed by atoms with E-state index >= 15 is 0 Å². The predicted molar refractivity (Wildman–Crippen MR) is 179 cm³/mol. The number of carbonyl (C=O) groups excluding carboxylic acids is 3. The van der Waals surface area contributed by atoms with Crippen LogP contribution in [0.5, 0.6) is 0 Å². The Morgan fingerprint density at radius 2 is 1.68 bits per heavy atom. The number of imidazole rings is 1. The van der Waals surface area contributed by atoms with Crippen LogP contribution >= 0.6 is 23.5 Å². The average Bonchev–Trinajstić information content (AvgIpc) is 3.60. The molecule has 0 aromatic carbocycles. The fourth-order valence-corrected chi connectivity index (χ4v) is 7.67. The maximum Gasteiger partial charge on any atom is 0.481 e. The molecule has 2 aromatic heterocycles. The molecule has 1 aliphatic heterocycles. The summed E-state index contributed by atoms with van der Waals surface area (Å²) in [6.45, 7) is 2.25. The van der Waals surface area contributed by atoms with Crippen molar-refractivity contribution in [2.75, 3.05) is 32.0 Å². The van der Waals surface area contributed by atoms with E-state index in [0.717, 1.165) is 23.6 Å². The van der Waals surface area contributed by atoms with Crippen molar-refractivity contribution in [3.05, 3.63) is 12.7 Å². The summed E-state index contributed by atoms with van der Waals surface area (Å²) in [6, 6.07) is 0. The standard InChI is InChI=1S/C26H44N7O17P3/c1-15(34)7-5-4-6-9-28-17(35)8-10-29-24(38)21(37)26(2,3)12-47-53(44,45)50-52(42,43)46-11-16-20(49-51(39,40)41)19(36)25(48-16)33-14-32-18-22(27)30-13-31-23(18)33/h13-14,16,19-21,25,36-37H,4-12H2,1-3H3,(H,28,35)(H,29,38)(H,42,43)(H,44,45)(H2,27,30,31)(H2,39,40,41). The third-order valence-electron chi connectivity index (χ3n) is 7.61. The molecule has 27 heteroatoms. The monoisotopic (exact) mass is 819 g/mol. The van der Waals surface area contributed by atoms with E-state index < -0.39 is 78.6 Å². The van der Waals surface area contributed by atoms with E-state index in [1.165, 1.54) is 20.8 Å². The zero-order valence-electron chi connectivity index (χ0n) is 28.8. The van der Waals surface area contributed by atoms with Crippen LogP contribution in [0.25, 0.3) is 11.2 Å². The van der Waals surface area contributed by atoms with Gasteiger partial charge in [-0.15, -0.1) is 0 Å². The predicted octanol–water partition coefficient (Wildman–Crippen LogP) is -0.446. The SMILES string of the molecule is CC(=O)CCCCCNC(=O)CCNC(=O)C(O)C(C)(C)COP(=O)(O)OP(=O)(O)OCC1OC(n2cnc3c(N)ncnc32)C(O)C1OP(=O)(O)O. The smallest absolute Gasteiger partial charge is 0.386 e. The molecule has 300 valence electrons. The van der Waals surface area contributed by atoms with Crippen LogP contribution in [0.2, 0.25) is 0 Å². The molecule has 24 nitrogen and oxygen atoms in total. The largest absolute Gasteiger partial charge is 0.481 e. The van der Waals surface area contributed by atoms with Gasteiger partial charge < -0.3 is 55.7 Å². The summed E-state index contributed by atoms with van der Waals surface area (Å²) in [5.41, 5.74) is 4.28. The lowest BCUT2D eigenvalue weighted by Crippen LogP contribution is -2.46. The summed E-state index contributed by atoms with van der Waals surface area (Å²) in [5.74, 6) is -1.27. The summed E-state index contributed by atoms with van der Waals surface area (Å²) < 4.78 is 62.0. The Labute approximate surface area is 302 Å². The Morgan fingerprint density at radius 3 is 2.34 bits per heavy atom. The van der Waals surface area contributed by atoms with Crippen molar-refractivity contribution in [1.82, 2.24) is 30.2 Å². The van der Waals surface area contributed by atoms with Gasteiger partial charge in [-0.2, -0.15) is 4.31 Å². The molecule has 0 radical (unpaired) electrons. The number of ether oxygens (including phenoxy) is 1. The second kappa shape index (κ2) is 18.7. The molecule has 3 heterocycles. The van der Waals surface area contributed by atoms with Gasteiger partial charge in [-0.1, -0.05) is 20.3 Å². The number of hydrogen-bond donors (Lipinski definition) is 9. The number of aromatic nitrogens is 4. The molecular weight excluding hydrogens is 775 g/mol. The first-order chi connectivity index (χ1) is 24.5. The number of nitrogen functional groups attached to an aromatic ring is 1. The number of rotatable bonds is 22. The van der Waals surface area contributed by atoms with Gasteiger partial charge in [0.15, 0.2) is 17.7 Å². The minimum Gasteiger partial charge on any atom is -0.386 e. The highest BCUT2D eigenvalue weighted by atomic mass is 31.3. The van der Waals surface area contributed by atoms with Crippen LogP contribution < -0.4 is 16.4 Å². The lowest BCUT2D eigenvalue weighted by Gasteiger charge is -2.30. The number of phosphoric acid groups is 3. The summed E-state index contributed by atoms with van der Waals surface area (Å²) in [5, 5.41) is 26.4. The Hall–Kier alpha value is -2.79. The van der Waals surface area contributed by atoms with Gasteiger partial charge in [0.1, 0.15) is 42.0 Å². The van der Waals surface area contributed by atoms with E-state index in [9.17, 15) is 57.9 Å². The second-order valence-electron chi connectivity index (χ2n) is 12.6. The molecule has 0 saturated carbocycles. The molecule has 0 aliphatic carbocycles. The van der Waals surface area contributed by atoms with Gasteiger partial charge in [-0.25, -0.2) is 28.6 Å². The number of unbranched alkanes of at least 4 members (excludes halogenated alkanes) is 2. The number of fused-ring (bicyclic) bond motifs is 1. The maximum atomic E-state index is 12.6. The molecule has 10 N–H and O–H groups in total.